The van der Waals surface area contributed by atoms with Crippen LogP contribution in [0.4, 0.5) is 5.69 Å². The summed E-state index contributed by atoms with van der Waals surface area (Å²) in [5.41, 5.74) is 3.90. The summed E-state index contributed by atoms with van der Waals surface area (Å²) in [7, 11) is -1.51. The Labute approximate surface area is 244 Å². The number of nitrogens with zero attached hydrogens (tertiary/aromatic N) is 1. The van der Waals surface area contributed by atoms with Crippen LogP contribution in [-0.4, -0.2) is 13.7 Å². The van der Waals surface area contributed by atoms with Crippen molar-refractivity contribution in [1.29, 1.82) is 0 Å². The van der Waals surface area contributed by atoms with Crippen molar-refractivity contribution in [2.75, 3.05) is 0 Å². The maximum absolute atomic E-state index is 5.17. The van der Waals surface area contributed by atoms with Crippen molar-refractivity contribution in [3.05, 3.63) is 147 Å². The van der Waals surface area contributed by atoms with Crippen molar-refractivity contribution in [2.45, 2.75) is 57.9 Å². The molecule has 2 aromatic carbocycles. The predicted molar refractivity (Wildman–Crippen MR) is 156 cm³/mol. The summed E-state index contributed by atoms with van der Waals surface area (Å²) < 4.78 is 0. The van der Waals surface area contributed by atoms with Gasteiger partial charge in [-0.1, -0.05) is 82.2 Å². The summed E-state index contributed by atoms with van der Waals surface area (Å²) in [5.74, 6) is 0. The molecule has 184 valence electrons. The largest absolute Gasteiger partial charge is 4.00 e. The molecule has 1 nitrogen and oxygen atoms in total. The minimum absolute atomic E-state index is 0. The van der Waals surface area contributed by atoms with E-state index in [4.69, 9.17) is 5.32 Å². The molecule has 2 saturated carbocycles. The van der Waals surface area contributed by atoms with Gasteiger partial charge < -0.3 is 5.32 Å². The van der Waals surface area contributed by atoms with E-state index in [2.05, 4.69) is 93.3 Å². The van der Waals surface area contributed by atoms with Crippen LogP contribution in [0.5, 0.6) is 0 Å². The zero-order valence-corrected chi connectivity index (χ0v) is 25.9. The first kappa shape index (κ1) is 33.1. The van der Waals surface area contributed by atoms with Crippen LogP contribution in [0.15, 0.2) is 66.2 Å². The van der Waals surface area contributed by atoms with E-state index < -0.39 is 8.07 Å². The van der Waals surface area contributed by atoms with Gasteiger partial charge in [0.15, 0.2) is 0 Å². The molecular weight excluding hydrogens is 530 g/mol. The molecule has 0 aliphatic heterocycles. The topological polar surface area (TPSA) is 14.1 Å². The Hall–Kier alpha value is -0.920. The Kier molecular flexibility index (Phi) is 18.5. The van der Waals surface area contributed by atoms with Gasteiger partial charge in [-0.15, -0.1) is 29.1 Å². The van der Waals surface area contributed by atoms with E-state index in [0.29, 0.717) is 0 Å². The molecule has 1 unspecified atom stereocenters. The zero-order chi connectivity index (χ0) is 25.2. The normalized spacial score (nSPS) is 16.1. The van der Waals surface area contributed by atoms with Crippen molar-refractivity contribution in [2.24, 2.45) is 0 Å². The zero-order valence-electron chi connectivity index (χ0n) is 22.4. The van der Waals surface area contributed by atoms with Crippen LogP contribution in [0, 0.1) is 70.3 Å². The fourth-order valence-corrected chi connectivity index (χ4v) is 5.44. The molecule has 0 spiro atoms. The summed E-state index contributed by atoms with van der Waals surface area (Å²) in [6.45, 7) is 9.50. The smallest absolute Gasteiger partial charge is 0.681 e. The van der Waals surface area contributed by atoms with E-state index in [-0.39, 0.29) is 31.9 Å². The van der Waals surface area contributed by atoms with Crippen LogP contribution in [0.2, 0.25) is 19.6 Å². The summed E-state index contributed by atoms with van der Waals surface area (Å²) >= 11 is 0. The van der Waals surface area contributed by atoms with Gasteiger partial charge in [-0.25, -0.2) is 0 Å². The Morgan fingerprint density at radius 2 is 1.14 bits per heavy atom. The summed E-state index contributed by atoms with van der Waals surface area (Å²) in [5, 5.41) is 5.17. The fraction of sp³-hybridized carbons (Fsp3) is 0.273. The number of benzene rings is 2. The molecule has 1 atom stereocenters. The molecule has 0 saturated heterocycles. The van der Waals surface area contributed by atoms with Crippen molar-refractivity contribution in [1.82, 2.24) is 0 Å². The van der Waals surface area contributed by atoms with Gasteiger partial charge in [-0.2, -0.15) is 23.8 Å². The van der Waals surface area contributed by atoms with Gasteiger partial charge in [0.05, 0.1) is 0 Å². The third kappa shape index (κ3) is 14.7. The Balaban J connectivity index is 0.000000484. The molecule has 4 rings (SSSR count). The molecule has 0 amide bonds. The first-order chi connectivity index (χ1) is 17.0. The minimum Gasteiger partial charge on any atom is -0.681 e. The molecule has 2 fully saturated rings. The average molecular weight is 571 g/mol. The third-order valence-corrected chi connectivity index (χ3v) is 7.54. The van der Waals surface area contributed by atoms with Crippen LogP contribution in [0.3, 0.4) is 0 Å². The third-order valence-electron chi connectivity index (χ3n) is 5.42. The molecule has 0 bridgehead atoms. The van der Waals surface area contributed by atoms with Crippen LogP contribution in [0.1, 0.15) is 38.2 Å². The quantitative estimate of drug-likeness (QED) is 0.162. The molecule has 3 heteroatoms. The number of para-hydroxylation sites is 1. The van der Waals surface area contributed by atoms with Crippen LogP contribution >= 0.6 is 0 Å². The second-order valence-electron chi connectivity index (χ2n) is 9.63. The molecular formula is C33H41NSiZr+2. The van der Waals surface area contributed by atoms with Crippen molar-refractivity contribution in [3.8, 4) is 0 Å². The van der Waals surface area contributed by atoms with Gasteiger partial charge in [0.25, 0.3) is 0 Å². The van der Waals surface area contributed by atoms with Crippen LogP contribution in [-0.2, 0) is 26.2 Å². The van der Waals surface area contributed by atoms with Crippen LogP contribution < -0.4 is 0 Å². The number of hydrogen-bond acceptors (Lipinski definition) is 0. The molecule has 2 aliphatic carbocycles. The Bertz CT molecular complexity index is 764. The van der Waals surface area contributed by atoms with Gasteiger partial charge in [0.2, 0.25) is 0 Å². The standard InChI is InChI=1S/C23H31NSi.2C5H5.Zr/c1-5-6-9-16-21(19-20-14-10-7-11-15-20)23(25(2,3)4)24-22-17-12-8-13-18-22;2*1-2-4-5-3-1;/h7-8,10-15,17-18,23H,5-6,9,16H2,1-4H3;2*1-5H;/q-2;;;+4. The van der Waals surface area contributed by atoms with Crippen molar-refractivity contribution in [3.63, 3.8) is 0 Å². The molecule has 36 heavy (non-hydrogen) atoms. The summed E-state index contributed by atoms with van der Waals surface area (Å²) in [4.78, 5) is 0. The van der Waals surface area contributed by atoms with Gasteiger partial charge >= 0.3 is 26.2 Å². The van der Waals surface area contributed by atoms with Gasteiger partial charge in [-0.05, 0) is 70.6 Å². The maximum atomic E-state index is 5.17. The summed E-state index contributed by atoms with van der Waals surface area (Å²) in [6.07, 6.45) is 28.5. The SMILES string of the molecule is CCCCCC(=[C-]c1ccccc1)C([N-]c1ccccc1)[Si](C)(C)C.[CH]1[CH][CH][CH][CH]1.[CH]1[CH][CH][CH][CH]1.[Zr+4]. The Morgan fingerprint density at radius 3 is 1.56 bits per heavy atom. The first-order valence-corrected chi connectivity index (χ1v) is 16.4. The molecule has 0 heterocycles. The number of rotatable bonds is 9. The first-order valence-electron chi connectivity index (χ1n) is 12.8. The number of unbranched alkanes of at least 4 members (excludes halogenated alkanes) is 2. The van der Waals surface area contributed by atoms with Gasteiger partial charge in [0.1, 0.15) is 0 Å². The summed E-state index contributed by atoms with van der Waals surface area (Å²) in [6, 6.07) is 20.9. The monoisotopic (exact) mass is 569 g/mol. The van der Waals surface area contributed by atoms with E-state index in [9.17, 15) is 0 Å². The second kappa shape index (κ2) is 20.1. The maximum Gasteiger partial charge on any atom is 4.00 e. The Morgan fingerprint density at radius 1 is 0.694 bits per heavy atom. The predicted octanol–water partition coefficient (Wildman–Crippen LogP) is 9.34. The molecule has 2 aliphatic rings. The fourth-order valence-electron chi connectivity index (χ4n) is 3.64. The molecule has 0 aromatic heterocycles. The number of hydrogen-bond donors (Lipinski definition) is 0. The van der Waals surface area contributed by atoms with Crippen molar-refractivity contribution < 1.29 is 26.2 Å². The van der Waals surface area contributed by atoms with Gasteiger partial charge in [-0.3, -0.25) is 0 Å². The van der Waals surface area contributed by atoms with Crippen LogP contribution in [0.25, 0.3) is 5.32 Å². The van der Waals surface area contributed by atoms with E-state index in [0.717, 1.165) is 12.1 Å². The van der Waals surface area contributed by atoms with E-state index in [1.54, 1.807) is 0 Å². The average Bonchev–Trinajstić information content (AvgIpc) is 3.62. The van der Waals surface area contributed by atoms with Gasteiger partial charge in [0, 0.05) is 8.07 Å². The van der Waals surface area contributed by atoms with Crippen molar-refractivity contribution >= 4 is 13.8 Å². The molecule has 0 N–H and O–H groups in total. The van der Waals surface area contributed by atoms with E-state index in [1.165, 1.54) is 30.4 Å². The van der Waals surface area contributed by atoms with E-state index in [1.807, 2.05) is 64.2 Å². The minimum atomic E-state index is -1.51. The molecule has 10 radical (unpaired) electrons. The van der Waals surface area contributed by atoms with E-state index >= 15 is 0 Å². The molecule has 2 aromatic rings. The second-order valence-corrected chi connectivity index (χ2v) is 14.9.